The molecular formula is C16H26ClN5OS2. The first-order chi connectivity index (χ1) is 11.8. The molecule has 2 rings (SSSR count). The van der Waals surface area contributed by atoms with Crippen molar-refractivity contribution >= 4 is 45.8 Å². The summed E-state index contributed by atoms with van der Waals surface area (Å²) in [5.74, 6) is 0.566. The van der Waals surface area contributed by atoms with Gasteiger partial charge in [0.2, 0.25) is 5.91 Å². The Bertz CT molecular complexity index is 634. The molecule has 9 heteroatoms. The summed E-state index contributed by atoms with van der Waals surface area (Å²) in [6.07, 6.45) is 0.964. The average Bonchev–Trinajstić information content (AvgIpc) is 2.75. The summed E-state index contributed by atoms with van der Waals surface area (Å²) in [7, 11) is 5.65. The van der Waals surface area contributed by atoms with Gasteiger partial charge < -0.3 is 9.80 Å². The van der Waals surface area contributed by atoms with Crippen LogP contribution in [0.2, 0.25) is 5.15 Å². The molecule has 1 aromatic heterocycles. The van der Waals surface area contributed by atoms with Gasteiger partial charge in [0.25, 0.3) is 0 Å². The third kappa shape index (κ3) is 5.57. The number of aromatic nitrogens is 2. The highest BCUT2D eigenvalue weighted by Gasteiger charge is 2.21. The molecule has 1 aliphatic rings. The van der Waals surface area contributed by atoms with Crippen LogP contribution >= 0.6 is 35.6 Å². The molecule has 25 heavy (non-hydrogen) atoms. The Labute approximate surface area is 164 Å². The highest BCUT2D eigenvalue weighted by Crippen LogP contribution is 2.21. The van der Waals surface area contributed by atoms with Gasteiger partial charge in [-0.1, -0.05) is 35.6 Å². The zero-order chi connectivity index (χ0) is 18.6. The van der Waals surface area contributed by atoms with Crippen molar-refractivity contribution in [3.63, 3.8) is 0 Å². The van der Waals surface area contributed by atoms with Gasteiger partial charge in [-0.25, -0.2) is 0 Å². The summed E-state index contributed by atoms with van der Waals surface area (Å²) in [5.41, 5.74) is 2.05. The highest BCUT2D eigenvalue weighted by atomic mass is 35.5. The normalized spacial score (nSPS) is 16.0. The molecule has 0 saturated carbocycles. The van der Waals surface area contributed by atoms with E-state index in [0.717, 1.165) is 54.7 Å². The first-order valence-electron chi connectivity index (χ1n) is 8.31. The topological polar surface area (TPSA) is 44.6 Å². The number of carbonyl (C=O) groups is 1. The van der Waals surface area contributed by atoms with Gasteiger partial charge in [-0.05, 0) is 13.3 Å². The first-order valence-corrected chi connectivity index (χ1v) is 10.1. The zero-order valence-electron chi connectivity index (χ0n) is 15.3. The number of hydrogen-bond donors (Lipinski definition) is 0. The van der Waals surface area contributed by atoms with Gasteiger partial charge in [-0.3, -0.25) is 14.4 Å². The number of thioether (sulfide) groups is 1. The lowest BCUT2D eigenvalue weighted by Gasteiger charge is -2.22. The third-order valence-electron chi connectivity index (χ3n) is 4.28. The number of rotatable bonds is 4. The van der Waals surface area contributed by atoms with E-state index in [-0.39, 0.29) is 5.91 Å². The Morgan fingerprint density at radius 2 is 2.04 bits per heavy atom. The molecule has 1 saturated heterocycles. The van der Waals surface area contributed by atoms with Crippen molar-refractivity contribution in [2.75, 3.05) is 46.0 Å². The SMILES string of the molecule is Cc1nn(C)c(Cl)c1CN1CCCN(C(=O)CSC(=S)N(C)C)CC1. The van der Waals surface area contributed by atoms with Crippen LogP contribution in [0.4, 0.5) is 0 Å². The van der Waals surface area contributed by atoms with E-state index in [1.54, 1.807) is 4.68 Å². The summed E-state index contributed by atoms with van der Waals surface area (Å²) in [5, 5.41) is 5.07. The largest absolute Gasteiger partial charge is 0.364 e. The number of amides is 1. The van der Waals surface area contributed by atoms with E-state index in [1.165, 1.54) is 11.8 Å². The number of hydrogen-bond acceptors (Lipinski definition) is 5. The first kappa shape index (κ1) is 20.5. The predicted molar refractivity (Wildman–Crippen MR) is 108 cm³/mol. The van der Waals surface area contributed by atoms with Crippen LogP contribution in [0.25, 0.3) is 0 Å². The third-order valence-corrected chi connectivity index (χ3v) is 6.47. The molecule has 1 fully saturated rings. The highest BCUT2D eigenvalue weighted by molar-refractivity contribution is 8.23. The van der Waals surface area contributed by atoms with E-state index in [4.69, 9.17) is 23.8 Å². The smallest absolute Gasteiger partial charge is 0.233 e. The zero-order valence-corrected chi connectivity index (χ0v) is 17.7. The molecule has 1 aliphatic heterocycles. The van der Waals surface area contributed by atoms with Crippen LogP contribution < -0.4 is 0 Å². The minimum atomic E-state index is 0.159. The lowest BCUT2D eigenvalue weighted by Crippen LogP contribution is -2.36. The van der Waals surface area contributed by atoms with Crippen LogP contribution in [0, 0.1) is 6.92 Å². The minimum absolute atomic E-state index is 0.159. The summed E-state index contributed by atoms with van der Waals surface area (Å²) in [4.78, 5) is 18.6. The fraction of sp³-hybridized carbons (Fsp3) is 0.688. The summed E-state index contributed by atoms with van der Waals surface area (Å²) in [6, 6.07) is 0. The quantitative estimate of drug-likeness (QED) is 0.716. The maximum atomic E-state index is 12.4. The van der Waals surface area contributed by atoms with E-state index < -0.39 is 0 Å². The van der Waals surface area contributed by atoms with Crippen LogP contribution in [-0.4, -0.2) is 80.7 Å². The molecule has 0 radical (unpaired) electrons. The van der Waals surface area contributed by atoms with Crippen molar-refractivity contribution in [1.82, 2.24) is 24.5 Å². The molecule has 2 heterocycles. The van der Waals surface area contributed by atoms with E-state index >= 15 is 0 Å². The second-order valence-corrected chi connectivity index (χ2v) is 8.41. The van der Waals surface area contributed by atoms with Gasteiger partial charge in [0.05, 0.1) is 11.4 Å². The predicted octanol–water partition coefficient (Wildman–Crippen LogP) is 2.00. The van der Waals surface area contributed by atoms with Crippen LogP contribution in [0.3, 0.4) is 0 Å². The van der Waals surface area contributed by atoms with Gasteiger partial charge in [-0.2, -0.15) is 5.10 Å². The summed E-state index contributed by atoms with van der Waals surface area (Å²) in [6.45, 7) is 6.10. The minimum Gasteiger partial charge on any atom is -0.364 e. The Hall–Kier alpha value is -0.830. The number of carbonyl (C=O) groups excluding carboxylic acids is 1. The standard InChI is InChI=1S/C16H26ClN5OS2/c1-12-13(15(17)20(4)18-12)10-21-6-5-7-22(9-8-21)14(23)11-25-16(24)19(2)3/h5-11H2,1-4H3. The molecular weight excluding hydrogens is 378 g/mol. The molecule has 1 aromatic rings. The van der Waals surface area contributed by atoms with Crippen LogP contribution in [0.5, 0.6) is 0 Å². The molecule has 0 unspecified atom stereocenters. The molecule has 6 nitrogen and oxygen atoms in total. The maximum Gasteiger partial charge on any atom is 0.233 e. The van der Waals surface area contributed by atoms with Crippen LogP contribution in [-0.2, 0) is 18.4 Å². The molecule has 140 valence electrons. The van der Waals surface area contributed by atoms with Crippen molar-refractivity contribution in [2.45, 2.75) is 19.9 Å². The Morgan fingerprint density at radius 1 is 1.32 bits per heavy atom. The lowest BCUT2D eigenvalue weighted by molar-refractivity contribution is -0.128. The summed E-state index contributed by atoms with van der Waals surface area (Å²) >= 11 is 13.0. The van der Waals surface area contributed by atoms with Crippen molar-refractivity contribution in [3.05, 3.63) is 16.4 Å². The molecule has 0 aliphatic carbocycles. The monoisotopic (exact) mass is 403 g/mol. The molecule has 0 bridgehead atoms. The second-order valence-electron chi connectivity index (χ2n) is 6.44. The van der Waals surface area contributed by atoms with Crippen LogP contribution in [0.15, 0.2) is 0 Å². The van der Waals surface area contributed by atoms with Crippen molar-refractivity contribution < 1.29 is 4.79 Å². The molecule has 0 N–H and O–H groups in total. The van der Waals surface area contributed by atoms with Gasteiger partial charge >= 0.3 is 0 Å². The molecule has 0 spiro atoms. The summed E-state index contributed by atoms with van der Waals surface area (Å²) < 4.78 is 2.46. The fourth-order valence-corrected chi connectivity index (χ4v) is 3.90. The number of aryl methyl sites for hydroxylation is 2. The van der Waals surface area contributed by atoms with Gasteiger partial charge in [0.1, 0.15) is 9.47 Å². The molecule has 0 aromatic carbocycles. The number of nitrogens with zero attached hydrogens (tertiary/aromatic N) is 5. The van der Waals surface area contributed by atoms with E-state index in [1.807, 2.05) is 37.9 Å². The second kappa shape index (κ2) is 9.21. The van der Waals surface area contributed by atoms with Crippen LogP contribution in [0.1, 0.15) is 17.7 Å². The van der Waals surface area contributed by atoms with E-state index in [9.17, 15) is 4.79 Å². The van der Waals surface area contributed by atoms with Crippen molar-refractivity contribution in [1.29, 1.82) is 0 Å². The van der Waals surface area contributed by atoms with Gasteiger partial charge in [0, 0.05) is 59.4 Å². The van der Waals surface area contributed by atoms with Gasteiger partial charge in [-0.15, -0.1) is 0 Å². The Morgan fingerprint density at radius 3 is 2.64 bits per heavy atom. The van der Waals surface area contributed by atoms with E-state index in [0.29, 0.717) is 10.9 Å². The number of halogens is 1. The Kier molecular flexibility index (Phi) is 7.54. The molecule has 1 amide bonds. The number of thiocarbonyl (C=S) groups is 1. The lowest BCUT2D eigenvalue weighted by atomic mass is 10.2. The van der Waals surface area contributed by atoms with Gasteiger partial charge in [0.15, 0.2) is 0 Å². The van der Waals surface area contributed by atoms with Crippen molar-refractivity contribution in [2.24, 2.45) is 7.05 Å². The maximum absolute atomic E-state index is 12.4. The average molecular weight is 404 g/mol. The fourth-order valence-electron chi connectivity index (χ4n) is 2.80. The van der Waals surface area contributed by atoms with E-state index in [2.05, 4.69) is 10.00 Å². The molecule has 0 atom stereocenters. The van der Waals surface area contributed by atoms with Crippen molar-refractivity contribution in [3.8, 4) is 0 Å². The Balaban J connectivity index is 1.87.